The molecule has 2 aromatic carbocycles. The second-order valence-corrected chi connectivity index (χ2v) is 8.90. The fraction of sp³-hybridized carbons (Fsp3) is 0.192. The second-order valence-electron chi connectivity index (χ2n) is 7.92. The van der Waals surface area contributed by atoms with E-state index in [0.29, 0.717) is 11.6 Å². The highest BCUT2D eigenvalue weighted by molar-refractivity contribution is 7.10. The summed E-state index contributed by atoms with van der Waals surface area (Å²) in [7, 11) is 0. The normalized spacial score (nSPS) is 12.0. The first-order valence-electron chi connectivity index (χ1n) is 10.6. The molecule has 0 spiro atoms. The molecule has 0 aliphatic carbocycles. The Labute approximate surface area is 191 Å². The van der Waals surface area contributed by atoms with Crippen LogP contribution in [0, 0.1) is 0 Å². The van der Waals surface area contributed by atoms with Crippen LogP contribution in [0.1, 0.15) is 41.8 Å². The fourth-order valence-electron chi connectivity index (χ4n) is 3.52. The van der Waals surface area contributed by atoms with E-state index >= 15 is 0 Å². The van der Waals surface area contributed by atoms with Crippen molar-refractivity contribution in [3.8, 4) is 11.3 Å². The van der Waals surface area contributed by atoms with Gasteiger partial charge >= 0.3 is 0 Å². The average molecular weight is 444 g/mol. The molecule has 0 radical (unpaired) electrons. The van der Waals surface area contributed by atoms with Gasteiger partial charge in [-0.25, -0.2) is 4.68 Å². The Balaban J connectivity index is 1.56. The first-order chi connectivity index (χ1) is 15.5. The lowest BCUT2D eigenvalue weighted by Crippen LogP contribution is -2.35. The van der Waals surface area contributed by atoms with Crippen LogP contribution in [-0.4, -0.2) is 15.7 Å². The highest BCUT2D eigenvalue weighted by Crippen LogP contribution is 2.27. The van der Waals surface area contributed by atoms with Crippen LogP contribution in [0.4, 0.5) is 0 Å². The molecular weight excluding hydrogens is 418 g/mol. The van der Waals surface area contributed by atoms with Crippen molar-refractivity contribution >= 4 is 17.2 Å². The standard InChI is InChI=1S/C26H25N3O2S/c1-18(2)19-10-12-21(13-11-19)26(23-9-6-16-32-23)27-24(30)17-29-25(31)15-14-22(28-29)20-7-4-3-5-8-20/h3-16,18,26H,17H2,1-2H3,(H,27,30). The highest BCUT2D eigenvalue weighted by atomic mass is 32.1. The molecule has 4 rings (SSSR count). The van der Waals surface area contributed by atoms with Crippen LogP contribution in [0.5, 0.6) is 0 Å². The van der Waals surface area contributed by atoms with E-state index in [9.17, 15) is 9.59 Å². The molecule has 2 heterocycles. The van der Waals surface area contributed by atoms with Crippen molar-refractivity contribution < 1.29 is 4.79 Å². The SMILES string of the molecule is CC(C)c1ccc(C(NC(=O)Cn2nc(-c3ccccc3)ccc2=O)c2cccs2)cc1. The van der Waals surface area contributed by atoms with Crippen LogP contribution in [0.2, 0.25) is 0 Å². The quantitative estimate of drug-likeness (QED) is 0.437. The van der Waals surface area contributed by atoms with E-state index in [1.165, 1.54) is 16.3 Å². The third-order valence-electron chi connectivity index (χ3n) is 5.30. The Morgan fingerprint density at radius 1 is 0.938 bits per heavy atom. The van der Waals surface area contributed by atoms with Gasteiger partial charge in [0.05, 0.1) is 11.7 Å². The molecule has 1 N–H and O–H groups in total. The molecule has 0 bridgehead atoms. The second kappa shape index (κ2) is 9.75. The van der Waals surface area contributed by atoms with Crippen LogP contribution in [-0.2, 0) is 11.3 Å². The van der Waals surface area contributed by atoms with Crippen molar-refractivity contribution in [1.29, 1.82) is 0 Å². The molecule has 0 aliphatic heterocycles. The predicted molar refractivity (Wildman–Crippen MR) is 129 cm³/mol. The Kier molecular flexibility index (Phi) is 6.61. The zero-order valence-electron chi connectivity index (χ0n) is 18.1. The minimum absolute atomic E-state index is 0.147. The van der Waals surface area contributed by atoms with Gasteiger partial charge in [0.2, 0.25) is 5.91 Å². The van der Waals surface area contributed by atoms with Crippen LogP contribution >= 0.6 is 11.3 Å². The summed E-state index contributed by atoms with van der Waals surface area (Å²) in [6, 6.07) is 24.7. The molecule has 0 saturated carbocycles. The lowest BCUT2D eigenvalue weighted by molar-refractivity contribution is -0.122. The molecule has 32 heavy (non-hydrogen) atoms. The van der Waals surface area contributed by atoms with Crippen molar-refractivity contribution in [2.45, 2.75) is 32.4 Å². The maximum atomic E-state index is 13.0. The first-order valence-corrected chi connectivity index (χ1v) is 11.5. The summed E-state index contributed by atoms with van der Waals surface area (Å²) in [6.07, 6.45) is 0. The van der Waals surface area contributed by atoms with Crippen molar-refractivity contribution in [3.05, 3.63) is 111 Å². The number of hydrogen-bond acceptors (Lipinski definition) is 4. The van der Waals surface area contributed by atoms with Gasteiger partial charge in [0, 0.05) is 16.5 Å². The molecule has 4 aromatic rings. The van der Waals surface area contributed by atoms with Crippen LogP contribution in [0.15, 0.2) is 89.0 Å². The lowest BCUT2D eigenvalue weighted by Gasteiger charge is -2.19. The van der Waals surface area contributed by atoms with Crippen molar-refractivity contribution in [2.75, 3.05) is 0 Å². The van der Waals surface area contributed by atoms with E-state index in [0.717, 1.165) is 16.0 Å². The van der Waals surface area contributed by atoms with Gasteiger partial charge in [-0.05, 0) is 34.6 Å². The smallest absolute Gasteiger partial charge is 0.267 e. The number of aromatic nitrogens is 2. The number of hydrogen-bond donors (Lipinski definition) is 1. The van der Waals surface area contributed by atoms with E-state index < -0.39 is 0 Å². The van der Waals surface area contributed by atoms with Gasteiger partial charge in [0.25, 0.3) is 5.56 Å². The summed E-state index contributed by atoms with van der Waals surface area (Å²) in [4.78, 5) is 26.3. The topological polar surface area (TPSA) is 64.0 Å². The van der Waals surface area contributed by atoms with Crippen molar-refractivity contribution in [2.24, 2.45) is 0 Å². The molecule has 0 saturated heterocycles. The Hall–Kier alpha value is -3.51. The van der Waals surface area contributed by atoms with Crippen molar-refractivity contribution in [1.82, 2.24) is 15.1 Å². The summed E-state index contributed by atoms with van der Waals surface area (Å²) in [5, 5.41) is 9.49. The average Bonchev–Trinajstić information content (AvgIpc) is 3.34. The molecule has 1 amide bonds. The van der Waals surface area contributed by atoms with Crippen LogP contribution < -0.4 is 10.9 Å². The van der Waals surface area contributed by atoms with E-state index in [4.69, 9.17) is 0 Å². The van der Waals surface area contributed by atoms with Gasteiger partial charge in [-0.3, -0.25) is 9.59 Å². The number of thiophene rings is 1. The van der Waals surface area contributed by atoms with E-state index in [-0.39, 0.29) is 24.1 Å². The lowest BCUT2D eigenvalue weighted by atomic mass is 9.98. The molecule has 5 nitrogen and oxygen atoms in total. The minimum Gasteiger partial charge on any atom is -0.343 e. The number of carbonyl (C=O) groups is 1. The Bertz CT molecular complexity index is 1230. The third kappa shape index (κ3) is 5.03. The Morgan fingerprint density at radius 2 is 1.66 bits per heavy atom. The Morgan fingerprint density at radius 3 is 2.31 bits per heavy atom. The number of carbonyl (C=O) groups excluding carboxylic acids is 1. The molecule has 0 aliphatic rings. The number of benzene rings is 2. The van der Waals surface area contributed by atoms with Gasteiger partial charge < -0.3 is 5.32 Å². The monoisotopic (exact) mass is 443 g/mol. The van der Waals surface area contributed by atoms with E-state index in [1.54, 1.807) is 17.4 Å². The molecule has 2 aromatic heterocycles. The maximum Gasteiger partial charge on any atom is 0.267 e. The molecule has 162 valence electrons. The number of nitrogens with zero attached hydrogens (tertiary/aromatic N) is 2. The summed E-state index contributed by atoms with van der Waals surface area (Å²) < 4.78 is 1.21. The zero-order chi connectivity index (χ0) is 22.5. The van der Waals surface area contributed by atoms with Gasteiger partial charge in [0.1, 0.15) is 6.54 Å². The molecule has 1 unspecified atom stereocenters. The number of nitrogens with one attached hydrogen (secondary N) is 1. The zero-order valence-corrected chi connectivity index (χ0v) is 18.9. The van der Waals surface area contributed by atoms with Gasteiger partial charge in [0.15, 0.2) is 0 Å². The largest absolute Gasteiger partial charge is 0.343 e. The first kappa shape index (κ1) is 21.7. The number of rotatable bonds is 7. The molecular formula is C26H25N3O2S. The maximum absolute atomic E-state index is 13.0. The highest BCUT2D eigenvalue weighted by Gasteiger charge is 2.19. The van der Waals surface area contributed by atoms with E-state index in [1.807, 2.05) is 47.8 Å². The van der Waals surface area contributed by atoms with Crippen molar-refractivity contribution in [3.63, 3.8) is 0 Å². The summed E-state index contributed by atoms with van der Waals surface area (Å²) in [6.45, 7) is 4.16. The molecule has 6 heteroatoms. The molecule has 1 atom stereocenters. The predicted octanol–water partition coefficient (Wildman–Crippen LogP) is 5.00. The summed E-state index contributed by atoms with van der Waals surface area (Å²) >= 11 is 1.59. The van der Waals surface area contributed by atoms with Gasteiger partial charge in [-0.2, -0.15) is 5.10 Å². The third-order valence-corrected chi connectivity index (χ3v) is 6.24. The van der Waals surface area contributed by atoms with Crippen LogP contribution in [0.25, 0.3) is 11.3 Å². The molecule has 0 fully saturated rings. The van der Waals surface area contributed by atoms with Gasteiger partial charge in [-0.1, -0.05) is 74.5 Å². The minimum atomic E-state index is -0.311. The summed E-state index contributed by atoms with van der Waals surface area (Å²) in [5.41, 5.74) is 3.48. The van der Waals surface area contributed by atoms with Gasteiger partial charge in [-0.15, -0.1) is 11.3 Å². The fourth-order valence-corrected chi connectivity index (χ4v) is 4.32. The van der Waals surface area contributed by atoms with E-state index in [2.05, 4.69) is 48.5 Å². The summed E-state index contributed by atoms with van der Waals surface area (Å²) in [5.74, 6) is 0.171. The number of amides is 1. The van der Waals surface area contributed by atoms with Crippen LogP contribution in [0.3, 0.4) is 0 Å².